The predicted molar refractivity (Wildman–Crippen MR) is 71.3 cm³/mol. The summed E-state index contributed by atoms with van der Waals surface area (Å²) >= 11 is 16.8. The number of aromatic nitrogens is 2. The molecule has 0 radical (unpaired) electrons. The Labute approximate surface area is 125 Å². The number of ether oxygens (including phenoxy) is 1. The Morgan fingerprint density at radius 3 is 2.37 bits per heavy atom. The Hall–Kier alpha value is -0.720. The number of halogens is 3. The fourth-order valence-electron chi connectivity index (χ4n) is 1.07. The first kappa shape index (κ1) is 16.3. The molecule has 1 amide bonds. The minimum absolute atomic E-state index is 0.162. The number of amides is 1. The molecular formula is C10H14Cl3N3O3. The largest absolute Gasteiger partial charge is 0.444 e. The standard InChI is InChI=1S/C10H14Cl3N3O3/c1-5(14-8(17)18-9(2,3)4)6-15-7(19-16-6)10(11,12)13/h5H,1-4H3,(H,14,17). The van der Waals surface area contributed by atoms with Crippen LogP contribution in [0.1, 0.15) is 45.5 Å². The van der Waals surface area contributed by atoms with Gasteiger partial charge in [0.25, 0.3) is 9.68 Å². The van der Waals surface area contributed by atoms with Crippen LogP contribution >= 0.6 is 34.8 Å². The number of carbonyl (C=O) groups excluding carboxylic acids is 1. The van der Waals surface area contributed by atoms with Crippen molar-refractivity contribution in [3.05, 3.63) is 11.7 Å². The average Bonchev–Trinajstić information content (AvgIpc) is 2.61. The molecule has 0 bridgehead atoms. The number of rotatable bonds is 2. The van der Waals surface area contributed by atoms with E-state index in [1.54, 1.807) is 27.7 Å². The van der Waals surface area contributed by atoms with E-state index in [2.05, 4.69) is 15.5 Å². The van der Waals surface area contributed by atoms with E-state index in [4.69, 9.17) is 44.1 Å². The van der Waals surface area contributed by atoms with Crippen LogP contribution in [-0.2, 0) is 8.53 Å². The summed E-state index contributed by atoms with van der Waals surface area (Å²) in [7, 11) is 0. The summed E-state index contributed by atoms with van der Waals surface area (Å²) in [5.41, 5.74) is -0.593. The number of nitrogens with one attached hydrogen (secondary N) is 1. The normalized spacial score (nSPS) is 14.1. The second-order valence-corrected chi connectivity index (χ2v) is 7.10. The van der Waals surface area contributed by atoms with Crippen molar-refractivity contribution in [3.63, 3.8) is 0 Å². The maximum absolute atomic E-state index is 11.5. The Balaban J connectivity index is 2.66. The lowest BCUT2D eigenvalue weighted by Crippen LogP contribution is -2.34. The summed E-state index contributed by atoms with van der Waals surface area (Å²) in [6.07, 6.45) is -0.597. The van der Waals surface area contributed by atoms with E-state index in [1.165, 1.54) is 0 Å². The molecular weight excluding hydrogens is 316 g/mol. The number of alkyl carbamates (subject to hydrolysis) is 1. The topological polar surface area (TPSA) is 77.2 Å². The first-order chi connectivity index (χ1) is 8.49. The monoisotopic (exact) mass is 329 g/mol. The first-order valence-electron chi connectivity index (χ1n) is 5.39. The molecule has 0 aromatic carbocycles. The number of nitrogens with zero attached hydrogens (tertiary/aromatic N) is 2. The molecule has 0 saturated carbocycles. The van der Waals surface area contributed by atoms with Gasteiger partial charge in [-0.25, -0.2) is 4.79 Å². The van der Waals surface area contributed by atoms with Crippen LogP contribution in [0.5, 0.6) is 0 Å². The molecule has 1 unspecified atom stereocenters. The smallest absolute Gasteiger partial charge is 0.408 e. The van der Waals surface area contributed by atoms with Crippen LogP contribution in [0, 0.1) is 0 Å². The van der Waals surface area contributed by atoms with Crippen LogP contribution in [0.4, 0.5) is 4.79 Å². The third kappa shape index (κ3) is 5.42. The van der Waals surface area contributed by atoms with Gasteiger partial charge in [-0.1, -0.05) is 40.0 Å². The van der Waals surface area contributed by atoms with E-state index < -0.39 is 21.5 Å². The summed E-state index contributed by atoms with van der Waals surface area (Å²) < 4.78 is 8.08. The molecule has 6 nitrogen and oxygen atoms in total. The van der Waals surface area contributed by atoms with Gasteiger partial charge in [-0.3, -0.25) is 0 Å². The van der Waals surface area contributed by atoms with Crippen LogP contribution in [0.2, 0.25) is 0 Å². The van der Waals surface area contributed by atoms with Crippen molar-refractivity contribution in [1.82, 2.24) is 15.5 Å². The molecule has 108 valence electrons. The van der Waals surface area contributed by atoms with E-state index in [1.807, 2.05) is 0 Å². The Kier molecular flexibility index (Phi) is 4.92. The molecule has 1 rings (SSSR count). The average molecular weight is 331 g/mol. The third-order valence-corrected chi connectivity index (χ3v) is 2.29. The van der Waals surface area contributed by atoms with Crippen LogP contribution in [0.25, 0.3) is 0 Å². The molecule has 9 heteroatoms. The molecule has 0 saturated heterocycles. The summed E-state index contributed by atoms with van der Waals surface area (Å²) in [5, 5.41) is 6.16. The molecule has 0 fully saturated rings. The van der Waals surface area contributed by atoms with Crippen molar-refractivity contribution in [1.29, 1.82) is 0 Å². The quantitative estimate of drug-likeness (QED) is 0.840. The van der Waals surface area contributed by atoms with Crippen molar-refractivity contribution in [2.45, 2.75) is 43.1 Å². The fourth-order valence-corrected chi connectivity index (χ4v) is 1.31. The van der Waals surface area contributed by atoms with Crippen LogP contribution in [-0.4, -0.2) is 21.8 Å². The molecule has 19 heavy (non-hydrogen) atoms. The van der Waals surface area contributed by atoms with E-state index in [0.29, 0.717) is 0 Å². The van der Waals surface area contributed by atoms with Gasteiger partial charge in [0.05, 0.1) is 6.04 Å². The Morgan fingerprint density at radius 2 is 1.95 bits per heavy atom. The molecule has 0 aliphatic carbocycles. The van der Waals surface area contributed by atoms with Gasteiger partial charge in [-0.05, 0) is 27.7 Å². The van der Waals surface area contributed by atoms with E-state index >= 15 is 0 Å². The lowest BCUT2D eigenvalue weighted by molar-refractivity contribution is 0.0505. The molecule has 1 atom stereocenters. The maximum Gasteiger partial charge on any atom is 0.408 e. The molecule has 1 aromatic heterocycles. The highest BCUT2D eigenvalue weighted by Crippen LogP contribution is 2.37. The Bertz CT molecular complexity index is 451. The zero-order valence-electron chi connectivity index (χ0n) is 10.8. The summed E-state index contributed by atoms with van der Waals surface area (Å²) in [4.78, 5) is 15.4. The van der Waals surface area contributed by atoms with Gasteiger partial charge < -0.3 is 14.6 Å². The van der Waals surface area contributed by atoms with Gasteiger partial charge in [0, 0.05) is 0 Å². The number of alkyl halides is 3. The lowest BCUT2D eigenvalue weighted by atomic mass is 10.2. The summed E-state index contributed by atoms with van der Waals surface area (Å²) in [6.45, 7) is 6.92. The van der Waals surface area contributed by atoms with E-state index in [0.717, 1.165) is 0 Å². The maximum atomic E-state index is 11.5. The van der Waals surface area contributed by atoms with Gasteiger partial charge in [0.1, 0.15) is 5.60 Å². The Morgan fingerprint density at radius 1 is 1.37 bits per heavy atom. The minimum atomic E-state index is -1.79. The van der Waals surface area contributed by atoms with Gasteiger partial charge in [0.2, 0.25) is 0 Å². The van der Waals surface area contributed by atoms with E-state index in [-0.39, 0.29) is 11.7 Å². The molecule has 1 N–H and O–H groups in total. The van der Waals surface area contributed by atoms with Gasteiger partial charge in [0.15, 0.2) is 5.82 Å². The van der Waals surface area contributed by atoms with Crippen molar-refractivity contribution >= 4 is 40.9 Å². The molecule has 0 aliphatic rings. The molecule has 0 aliphatic heterocycles. The number of hydrogen-bond acceptors (Lipinski definition) is 5. The zero-order valence-corrected chi connectivity index (χ0v) is 13.1. The SMILES string of the molecule is CC(NC(=O)OC(C)(C)C)c1noc(C(Cl)(Cl)Cl)n1. The molecule has 1 aromatic rings. The van der Waals surface area contributed by atoms with Crippen LogP contribution in [0.15, 0.2) is 4.52 Å². The summed E-state index contributed by atoms with van der Waals surface area (Å²) in [6, 6.07) is -0.542. The van der Waals surface area contributed by atoms with Gasteiger partial charge in [-0.2, -0.15) is 4.98 Å². The highest BCUT2D eigenvalue weighted by molar-refractivity contribution is 6.66. The summed E-state index contributed by atoms with van der Waals surface area (Å²) in [5.74, 6) is 0.0255. The second-order valence-electron chi connectivity index (χ2n) is 4.82. The van der Waals surface area contributed by atoms with Crippen LogP contribution < -0.4 is 5.32 Å². The van der Waals surface area contributed by atoms with Crippen molar-refractivity contribution < 1.29 is 14.1 Å². The lowest BCUT2D eigenvalue weighted by Gasteiger charge is -2.20. The third-order valence-electron chi connectivity index (χ3n) is 1.80. The first-order valence-corrected chi connectivity index (χ1v) is 6.53. The second kappa shape index (κ2) is 5.73. The highest BCUT2D eigenvalue weighted by Gasteiger charge is 2.31. The van der Waals surface area contributed by atoms with Gasteiger partial charge in [-0.15, -0.1) is 0 Å². The van der Waals surface area contributed by atoms with Crippen molar-refractivity contribution in [2.75, 3.05) is 0 Å². The van der Waals surface area contributed by atoms with Crippen molar-refractivity contribution in [3.8, 4) is 0 Å². The molecule has 0 spiro atoms. The van der Waals surface area contributed by atoms with E-state index in [9.17, 15) is 4.79 Å². The number of hydrogen-bond donors (Lipinski definition) is 1. The predicted octanol–water partition coefficient (Wildman–Crippen LogP) is 3.48. The fraction of sp³-hybridized carbons (Fsp3) is 0.700. The van der Waals surface area contributed by atoms with Gasteiger partial charge >= 0.3 is 6.09 Å². The highest BCUT2D eigenvalue weighted by atomic mass is 35.6. The van der Waals surface area contributed by atoms with Crippen molar-refractivity contribution in [2.24, 2.45) is 0 Å². The number of carbonyl (C=O) groups is 1. The minimum Gasteiger partial charge on any atom is -0.444 e. The molecule has 1 heterocycles. The zero-order chi connectivity index (χ0) is 14.8. The van der Waals surface area contributed by atoms with Crippen LogP contribution in [0.3, 0.4) is 0 Å².